The number of rotatable bonds is 8. The van der Waals surface area contributed by atoms with Crippen LogP contribution in [-0.2, 0) is 4.79 Å². The summed E-state index contributed by atoms with van der Waals surface area (Å²) in [5.74, 6) is -1.15. The Hall–Kier alpha value is -2.09. The van der Waals surface area contributed by atoms with Crippen LogP contribution in [0.3, 0.4) is 0 Å². The highest BCUT2D eigenvalue weighted by Crippen LogP contribution is 2.36. The average molecular weight is 464 g/mol. The van der Waals surface area contributed by atoms with Crippen LogP contribution in [-0.4, -0.2) is 22.7 Å². The van der Waals surface area contributed by atoms with Gasteiger partial charge in [-0.2, -0.15) is 0 Å². The fourth-order valence-corrected chi connectivity index (χ4v) is 4.28. The lowest BCUT2D eigenvalue weighted by atomic mass is 10.0. The molecule has 1 amide bonds. The lowest BCUT2D eigenvalue weighted by Gasteiger charge is -2.06. The Morgan fingerprint density at radius 1 is 1.33 bits per heavy atom. The van der Waals surface area contributed by atoms with Gasteiger partial charge in [0.25, 0.3) is 0 Å². The lowest BCUT2D eigenvalue weighted by Crippen LogP contribution is -2.15. The molecule has 0 bridgehead atoms. The Balaban J connectivity index is 2.18. The normalized spacial score (nSPS) is 11.6. The molecule has 2 N–H and O–H groups in total. The van der Waals surface area contributed by atoms with Gasteiger partial charge in [0, 0.05) is 20.3 Å². The van der Waals surface area contributed by atoms with Crippen molar-refractivity contribution in [3.05, 3.63) is 75.5 Å². The lowest BCUT2D eigenvalue weighted by molar-refractivity contribution is -0.113. The quantitative estimate of drug-likeness (QED) is 0.457. The zero-order valence-electron chi connectivity index (χ0n) is 14.6. The SMILES string of the molecule is C=C/C=C(\C=C/C)SCC(=O)Nc1scc(-c2ccc(Br)cc2)c1C(=O)O. The number of thiophene rings is 1. The number of carbonyl (C=O) groups excluding carboxylic acids is 1. The van der Waals surface area contributed by atoms with E-state index >= 15 is 0 Å². The number of carbonyl (C=O) groups is 2. The molecule has 0 atom stereocenters. The molecule has 0 radical (unpaired) electrons. The second kappa shape index (κ2) is 10.3. The second-order valence-electron chi connectivity index (χ2n) is 5.31. The average Bonchev–Trinajstić information content (AvgIpc) is 3.04. The van der Waals surface area contributed by atoms with E-state index in [0.29, 0.717) is 10.6 Å². The predicted octanol–water partition coefficient (Wildman–Crippen LogP) is 6.19. The molecule has 0 aliphatic heterocycles. The van der Waals surface area contributed by atoms with Crippen LogP contribution in [0.15, 0.2) is 69.9 Å². The van der Waals surface area contributed by atoms with E-state index < -0.39 is 5.97 Å². The number of nitrogens with one attached hydrogen (secondary N) is 1. The molecule has 0 saturated heterocycles. The van der Waals surface area contributed by atoms with Gasteiger partial charge in [0.15, 0.2) is 0 Å². The minimum absolute atomic E-state index is 0.107. The molecule has 0 spiro atoms. The summed E-state index contributed by atoms with van der Waals surface area (Å²) in [6.07, 6.45) is 7.25. The maximum absolute atomic E-state index is 12.3. The van der Waals surface area contributed by atoms with Crippen molar-refractivity contribution < 1.29 is 14.7 Å². The summed E-state index contributed by atoms with van der Waals surface area (Å²) in [6.45, 7) is 5.55. The zero-order valence-corrected chi connectivity index (χ0v) is 17.8. The first-order chi connectivity index (χ1) is 13.0. The number of hydrogen-bond acceptors (Lipinski definition) is 4. The molecule has 0 unspecified atom stereocenters. The number of carboxylic acids is 1. The largest absolute Gasteiger partial charge is 0.478 e. The molecule has 27 heavy (non-hydrogen) atoms. The first kappa shape index (κ1) is 21.2. The predicted molar refractivity (Wildman–Crippen MR) is 119 cm³/mol. The Kier molecular flexibility index (Phi) is 8.09. The van der Waals surface area contributed by atoms with Crippen molar-refractivity contribution in [2.24, 2.45) is 0 Å². The van der Waals surface area contributed by atoms with Crippen LogP contribution in [0.1, 0.15) is 17.3 Å². The van der Waals surface area contributed by atoms with Gasteiger partial charge in [-0.15, -0.1) is 23.1 Å². The van der Waals surface area contributed by atoms with Crippen molar-refractivity contribution in [1.29, 1.82) is 0 Å². The molecule has 1 aromatic carbocycles. The number of hydrogen-bond donors (Lipinski definition) is 2. The molecule has 0 aliphatic rings. The fourth-order valence-electron chi connectivity index (χ4n) is 2.25. The van der Waals surface area contributed by atoms with Gasteiger partial charge in [-0.3, -0.25) is 4.79 Å². The van der Waals surface area contributed by atoms with Gasteiger partial charge in [0.05, 0.1) is 5.75 Å². The standard InChI is InChI=1S/C20H18BrNO3S2/c1-3-5-15(6-4-2)26-12-17(23)22-19-18(20(24)25)16(11-27-19)13-7-9-14(21)10-8-13/h3-11H,1,12H2,2H3,(H,22,23)(H,24,25)/b6-4-,15-5+. The van der Waals surface area contributed by atoms with Gasteiger partial charge in [-0.05, 0) is 30.7 Å². The molecule has 4 nitrogen and oxygen atoms in total. The van der Waals surface area contributed by atoms with Gasteiger partial charge in [-0.1, -0.05) is 52.9 Å². The van der Waals surface area contributed by atoms with E-state index in [-0.39, 0.29) is 17.2 Å². The maximum Gasteiger partial charge on any atom is 0.339 e. The summed E-state index contributed by atoms with van der Waals surface area (Å²) in [5.41, 5.74) is 1.48. The summed E-state index contributed by atoms with van der Waals surface area (Å²) >= 11 is 5.93. The van der Waals surface area contributed by atoms with Crippen molar-refractivity contribution in [1.82, 2.24) is 0 Å². The van der Waals surface area contributed by atoms with E-state index in [1.165, 1.54) is 23.1 Å². The van der Waals surface area contributed by atoms with Crippen LogP contribution in [0.2, 0.25) is 0 Å². The summed E-state index contributed by atoms with van der Waals surface area (Å²) in [5, 5.41) is 14.4. The topological polar surface area (TPSA) is 66.4 Å². The van der Waals surface area contributed by atoms with E-state index in [4.69, 9.17) is 0 Å². The minimum Gasteiger partial charge on any atom is -0.478 e. The van der Waals surface area contributed by atoms with Crippen LogP contribution in [0.5, 0.6) is 0 Å². The highest BCUT2D eigenvalue weighted by atomic mass is 79.9. The number of benzene rings is 1. The third-order valence-corrected chi connectivity index (χ3v) is 5.83. The third-order valence-electron chi connectivity index (χ3n) is 3.40. The molecule has 2 aromatic rings. The molecule has 0 saturated carbocycles. The summed E-state index contributed by atoms with van der Waals surface area (Å²) in [7, 11) is 0. The molecule has 0 fully saturated rings. The number of carboxylic acid groups (broad SMARTS) is 1. The molecule has 1 aromatic heterocycles. The third kappa shape index (κ3) is 5.95. The van der Waals surface area contributed by atoms with Crippen molar-refractivity contribution in [2.45, 2.75) is 6.92 Å². The van der Waals surface area contributed by atoms with E-state index in [1.807, 2.05) is 49.4 Å². The van der Waals surface area contributed by atoms with Crippen molar-refractivity contribution >= 4 is 55.9 Å². The smallest absolute Gasteiger partial charge is 0.339 e. The van der Waals surface area contributed by atoms with E-state index in [2.05, 4.69) is 27.8 Å². The molecular formula is C20H18BrNO3S2. The van der Waals surface area contributed by atoms with Gasteiger partial charge in [0.2, 0.25) is 5.91 Å². The van der Waals surface area contributed by atoms with Gasteiger partial charge in [-0.25, -0.2) is 4.79 Å². The van der Waals surface area contributed by atoms with Crippen molar-refractivity contribution in [3.8, 4) is 11.1 Å². The maximum atomic E-state index is 12.3. The Labute approximate surface area is 174 Å². The number of amides is 1. The second-order valence-corrected chi connectivity index (χ2v) is 8.15. The molecule has 0 aliphatic carbocycles. The zero-order chi connectivity index (χ0) is 19.8. The number of halogens is 1. The molecule has 140 valence electrons. The number of thioether (sulfide) groups is 1. The minimum atomic E-state index is -1.07. The van der Waals surface area contributed by atoms with Crippen LogP contribution in [0.4, 0.5) is 5.00 Å². The van der Waals surface area contributed by atoms with E-state index in [0.717, 1.165) is 14.9 Å². The van der Waals surface area contributed by atoms with Crippen LogP contribution in [0.25, 0.3) is 11.1 Å². The van der Waals surface area contributed by atoms with Gasteiger partial charge >= 0.3 is 5.97 Å². The molecular weight excluding hydrogens is 446 g/mol. The van der Waals surface area contributed by atoms with Gasteiger partial charge < -0.3 is 10.4 Å². The summed E-state index contributed by atoms with van der Waals surface area (Å²) in [4.78, 5) is 25.0. The molecule has 7 heteroatoms. The Morgan fingerprint density at radius 2 is 2.04 bits per heavy atom. The Bertz CT molecular complexity index is 898. The van der Waals surface area contributed by atoms with Crippen LogP contribution >= 0.6 is 39.0 Å². The monoisotopic (exact) mass is 463 g/mol. The summed E-state index contributed by atoms with van der Waals surface area (Å²) < 4.78 is 0.911. The summed E-state index contributed by atoms with van der Waals surface area (Å²) in [6, 6.07) is 7.37. The van der Waals surface area contributed by atoms with E-state index in [1.54, 1.807) is 11.5 Å². The fraction of sp³-hybridized carbons (Fsp3) is 0.100. The Morgan fingerprint density at radius 3 is 2.63 bits per heavy atom. The highest BCUT2D eigenvalue weighted by Gasteiger charge is 2.21. The van der Waals surface area contributed by atoms with Crippen molar-refractivity contribution in [3.63, 3.8) is 0 Å². The first-order valence-electron chi connectivity index (χ1n) is 7.95. The first-order valence-corrected chi connectivity index (χ1v) is 10.6. The van der Waals surface area contributed by atoms with Crippen LogP contribution < -0.4 is 5.32 Å². The number of allylic oxidation sites excluding steroid dienone is 4. The van der Waals surface area contributed by atoms with E-state index in [9.17, 15) is 14.7 Å². The number of aromatic carboxylic acids is 1. The van der Waals surface area contributed by atoms with Gasteiger partial charge in [0.1, 0.15) is 10.6 Å². The molecule has 1 heterocycles. The highest BCUT2D eigenvalue weighted by molar-refractivity contribution is 9.10. The molecule has 2 rings (SSSR count). The van der Waals surface area contributed by atoms with Crippen molar-refractivity contribution in [2.75, 3.05) is 11.1 Å². The number of anilines is 1. The van der Waals surface area contributed by atoms with Crippen LogP contribution in [0, 0.1) is 0 Å².